The quantitative estimate of drug-likeness (QED) is 0.584. The summed E-state index contributed by atoms with van der Waals surface area (Å²) in [7, 11) is 0. The SMILES string of the molecule is Cc1ccc(-n2ncc(C(=O)NCc3cccs3)c2-n2cccc2)cc1. The summed E-state index contributed by atoms with van der Waals surface area (Å²) in [6.07, 6.45) is 5.45. The van der Waals surface area contributed by atoms with Crippen molar-refractivity contribution in [2.75, 3.05) is 0 Å². The Balaban J connectivity index is 1.70. The van der Waals surface area contributed by atoms with Crippen molar-refractivity contribution in [3.63, 3.8) is 0 Å². The van der Waals surface area contributed by atoms with E-state index >= 15 is 0 Å². The molecular formula is C20H18N4OS. The summed E-state index contributed by atoms with van der Waals surface area (Å²) in [6, 6.07) is 15.9. The molecule has 0 bridgehead atoms. The van der Waals surface area contributed by atoms with Crippen LogP contribution in [-0.4, -0.2) is 20.3 Å². The molecule has 6 heteroatoms. The number of amides is 1. The Hall–Kier alpha value is -3.12. The number of aromatic nitrogens is 3. The Morgan fingerprint density at radius 1 is 1.12 bits per heavy atom. The van der Waals surface area contributed by atoms with Gasteiger partial charge in [0.15, 0.2) is 5.82 Å². The zero-order valence-electron chi connectivity index (χ0n) is 14.3. The number of thiophene rings is 1. The molecule has 0 aliphatic heterocycles. The highest BCUT2D eigenvalue weighted by atomic mass is 32.1. The Morgan fingerprint density at radius 2 is 1.88 bits per heavy atom. The number of benzene rings is 1. The normalized spacial score (nSPS) is 10.8. The van der Waals surface area contributed by atoms with E-state index in [9.17, 15) is 4.79 Å². The monoisotopic (exact) mass is 362 g/mol. The van der Waals surface area contributed by atoms with E-state index in [0.717, 1.165) is 16.4 Å². The van der Waals surface area contributed by atoms with Gasteiger partial charge in [0, 0.05) is 17.3 Å². The number of nitrogens with one attached hydrogen (secondary N) is 1. The van der Waals surface area contributed by atoms with Gasteiger partial charge in [0.2, 0.25) is 0 Å². The van der Waals surface area contributed by atoms with Crippen molar-refractivity contribution in [3.8, 4) is 11.5 Å². The molecule has 130 valence electrons. The maximum atomic E-state index is 12.8. The molecule has 0 spiro atoms. The molecule has 26 heavy (non-hydrogen) atoms. The van der Waals surface area contributed by atoms with Crippen LogP contribution in [0.5, 0.6) is 0 Å². The summed E-state index contributed by atoms with van der Waals surface area (Å²) in [5.41, 5.74) is 2.63. The fourth-order valence-electron chi connectivity index (χ4n) is 2.78. The molecule has 0 saturated heterocycles. The lowest BCUT2D eigenvalue weighted by Crippen LogP contribution is -2.23. The van der Waals surface area contributed by atoms with E-state index in [-0.39, 0.29) is 5.91 Å². The van der Waals surface area contributed by atoms with Crippen LogP contribution in [0.2, 0.25) is 0 Å². The molecule has 0 atom stereocenters. The predicted molar refractivity (Wildman–Crippen MR) is 103 cm³/mol. The number of nitrogens with zero attached hydrogens (tertiary/aromatic N) is 3. The summed E-state index contributed by atoms with van der Waals surface area (Å²) in [4.78, 5) is 13.9. The number of aryl methyl sites for hydroxylation is 1. The van der Waals surface area contributed by atoms with Crippen molar-refractivity contribution in [2.45, 2.75) is 13.5 Å². The van der Waals surface area contributed by atoms with E-state index < -0.39 is 0 Å². The van der Waals surface area contributed by atoms with Gasteiger partial charge in [0.25, 0.3) is 5.91 Å². The van der Waals surface area contributed by atoms with Gasteiger partial charge in [0.05, 0.1) is 18.4 Å². The van der Waals surface area contributed by atoms with Gasteiger partial charge in [-0.2, -0.15) is 5.10 Å². The van der Waals surface area contributed by atoms with Gasteiger partial charge in [-0.3, -0.25) is 4.79 Å². The number of hydrogen-bond donors (Lipinski definition) is 1. The minimum atomic E-state index is -0.138. The predicted octanol–water partition coefficient (Wildman–Crippen LogP) is 3.96. The lowest BCUT2D eigenvalue weighted by atomic mass is 10.2. The highest BCUT2D eigenvalue weighted by Crippen LogP contribution is 2.20. The fraction of sp³-hybridized carbons (Fsp3) is 0.100. The molecule has 0 saturated carbocycles. The standard InChI is InChI=1S/C20H18N4OS/c1-15-6-8-16(9-7-15)24-20(23-10-2-3-11-23)18(14-22-24)19(25)21-13-17-5-4-12-26-17/h2-12,14H,13H2,1H3,(H,21,25). The summed E-state index contributed by atoms with van der Waals surface area (Å²) in [6.45, 7) is 2.56. The zero-order valence-corrected chi connectivity index (χ0v) is 15.1. The number of carbonyl (C=O) groups excluding carboxylic acids is 1. The molecule has 3 aromatic heterocycles. The first-order valence-corrected chi connectivity index (χ1v) is 9.19. The van der Waals surface area contributed by atoms with Crippen molar-refractivity contribution in [1.82, 2.24) is 19.7 Å². The summed E-state index contributed by atoms with van der Waals surface area (Å²) >= 11 is 1.62. The first-order chi connectivity index (χ1) is 12.7. The third-order valence-electron chi connectivity index (χ3n) is 4.12. The van der Waals surface area contributed by atoms with Crippen LogP contribution < -0.4 is 5.32 Å². The van der Waals surface area contributed by atoms with Gasteiger partial charge < -0.3 is 9.88 Å². The third kappa shape index (κ3) is 3.19. The molecule has 4 rings (SSSR count). The van der Waals surface area contributed by atoms with Crippen molar-refractivity contribution in [2.24, 2.45) is 0 Å². The van der Waals surface area contributed by atoms with Crippen LogP contribution in [0.1, 0.15) is 20.8 Å². The number of carbonyl (C=O) groups is 1. The Bertz CT molecular complexity index is 999. The van der Waals surface area contributed by atoms with Gasteiger partial charge in [-0.25, -0.2) is 4.68 Å². The molecule has 4 aromatic rings. The maximum absolute atomic E-state index is 12.8. The van der Waals surface area contributed by atoms with Crippen LogP contribution in [0.15, 0.2) is 72.5 Å². The van der Waals surface area contributed by atoms with E-state index in [2.05, 4.69) is 10.4 Å². The van der Waals surface area contributed by atoms with Gasteiger partial charge in [-0.1, -0.05) is 23.8 Å². The first-order valence-electron chi connectivity index (χ1n) is 8.31. The van der Waals surface area contributed by atoms with Crippen LogP contribution in [0, 0.1) is 6.92 Å². The third-order valence-corrected chi connectivity index (χ3v) is 5.00. The van der Waals surface area contributed by atoms with Crippen LogP contribution in [0.3, 0.4) is 0 Å². The van der Waals surface area contributed by atoms with Gasteiger partial charge in [0.1, 0.15) is 5.56 Å². The number of rotatable bonds is 5. The lowest BCUT2D eigenvalue weighted by Gasteiger charge is -2.11. The van der Waals surface area contributed by atoms with Gasteiger partial charge >= 0.3 is 0 Å². The van der Waals surface area contributed by atoms with Crippen molar-refractivity contribution in [3.05, 3.63) is 88.5 Å². The van der Waals surface area contributed by atoms with E-state index in [1.807, 2.05) is 77.8 Å². The van der Waals surface area contributed by atoms with E-state index in [1.165, 1.54) is 5.56 Å². The zero-order chi connectivity index (χ0) is 17.9. The second kappa shape index (κ2) is 7.01. The lowest BCUT2D eigenvalue weighted by molar-refractivity contribution is 0.0951. The average molecular weight is 362 g/mol. The minimum absolute atomic E-state index is 0.138. The molecule has 3 heterocycles. The van der Waals surface area contributed by atoms with Crippen LogP contribution in [-0.2, 0) is 6.54 Å². The molecule has 1 aromatic carbocycles. The summed E-state index contributed by atoms with van der Waals surface area (Å²) in [5, 5.41) is 9.46. The largest absolute Gasteiger partial charge is 0.347 e. The molecule has 5 nitrogen and oxygen atoms in total. The molecule has 0 aliphatic rings. The average Bonchev–Trinajstić information content (AvgIpc) is 3.40. The van der Waals surface area contributed by atoms with E-state index in [4.69, 9.17) is 0 Å². The van der Waals surface area contributed by atoms with Gasteiger partial charge in [-0.15, -0.1) is 11.3 Å². The Morgan fingerprint density at radius 3 is 2.58 bits per heavy atom. The Kier molecular flexibility index (Phi) is 4.41. The van der Waals surface area contributed by atoms with Gasteiger partial charge in [-0.05, 0) is 42.6 Å². The molecule has 0 aliphatic carbocycles. The Labute approximate surface area is 155 Å². The van der Waals surface area contributed by atoms with Crippen LogP contribution in [0.25, 0.3) is 11.5 Å². The molecule has 0 radical (unpaired) electrons. The van der Waals surface area contributed by atoms with E-state index in [0.29, 0.717) is 12.1 Å². The highest BCUT2D eigenvalue weighted by Gasteiger charge is 2.19. The maximum Gasteiger partial charge on any atom is 0.257 e. The molecular weight excluding hydrogens is 344 g/mol. The van der Waals surface area contributed by atoms with E-state index in [1.54, 1.807) is 22.2 Å². The highest BCUT2D eigenvalue weighted by molar-refractivity contribution is 7.09. The second-order valence-corrected chi connectivity index (χ2v) is 7.01. The first kappa shape index (κ1) is 16.4. The van der Waals surface area contributed by atoms with Crippen molar-refractivity contribution < 1.29 is 4.79 Å². The van der Waals surface area contributed by atoms with Crippen molar-refractivity contribution in [1.29, 1.82) is 0 Å². The van der Waals surface area contributed by atoms with Crippen LogP contribution in [0.4, 0.5) is 0 Å². The molecule has 0 unspecified atom stereocenters. The molecule has 0 fully saturated rings. The number of hydrogen-bond acceptors (Lipinski definition) is 3. The minimum Gasteiger partial charge on any atom is -0.347 e. The summed E-state index contributed by atoms with van der Waals surface area (Å²) in [5.74, 6) is 0.586. The second-order valence-electron chi connectivity index (χ2n) is 5.98. The fourth-order valence-corrected chi connectivity index (χ4v) is 3.42. The summed E-state index contributed by atoms with van der Waals surface area (Å²) < 4.78 is 3.70. The molecule has 1 N–H and O–H groups in total. The molecule has 1 amide bonds. The smallest absolute Gasteiger partial charge is 0.257 e. The van der Waals surface area contributed by atoms with Crippen molar-refractivity contribution >= 4 is 17.2 Å². The topological polar surface area (TPSA) is 51.9 Å². The van der Waals surface area contributed by atoms with Crippen LogP contribution >= 0.6 is 11.3 Å².